The third-order valence-corrected chi connectivity index (χ3v) is 7.58. The summed E-state index contributed by atoms with van der Waals surface area (Å²) in [6, 6.07) is 2.97. The second-order valence-electron chi connectivity index (χ2n) is 11.9. The monoisotopic (exact) mass is 611 g/mol. The number of aromatic nitrogens is 2. The van der Waals surface area contributed by atoms with Gasteiger partial charge in [0, 0.05) is 41.7 Å². The van der Waals surface area contributed by atoms with E-state index < -0.39 is 41.4 Å². The highest BCUT2D eigenvalue weighted by Gasteiger charge is 2.43. The van der Waals surface area contributed by atoms with Crippen LogP contribution in [0.5, 0.6) is 5.88 Å². The van der Waals surface area contributed by atoms with E-state index in [0.29, 0.717) is 30.2 Å². The van der Waals surface area contributed by atoms with Crippen LogP contribution in [0.2, 0.25) is 0 Å². The summed E-state index contributed by atoms with van der Waals surface area (Å²) in [5, 5.41) is 25.6. The maximum absolute atomic E-state index is 16.3. The molecule has 0 bridgehead atoms. The zero-order chi connectivity index (χ0) is 32.0. The molecule has 1 aliphatic heterocycles. The standard InChI is InChI=1S/C30H34FN5O8/c1-6-30(41)11-17(12-30)43-26(37)34-21-10-16-9-18(19-13-33-25-24(15(19)2)36(28(39)40)7-8-42-25)22(31)23(20(16)14-32-21)35-27(38)44-29(3,4)5/h9-10,13-14,17,41H,6-8,11-12H2,1-5H3,(H,35,38)(H,39,40)(H,32,34,37). The van der Waals surface area contributed by atoms with Gasteiger partial charge in [-0.15, -0.1) is 0 Å². The first kappa shape index (κ1) is 30.7. The van der Waals surface area contributed by atoms with E-state index in [1.54, 1.807) is 27.7 Å². The largest absolute Gasteiger partial charge is 0.474 e. The number of hydrogen-bond acceptors (Lipinski definition) is 9. The quantitative estimate of drug-likeness (QED) is 0.275. The number of rotatable bonds is 5. The number of carbonyl (C=O) groups is 3. The molecule has 3 aromatic rings. The Labute approximate surface area is 252 Å². The Morgan fingerprint density at radius 1 is 1.14 bits per heavy atom. The molecule has 1 aromatic carbocycles. The van der Waals surface area contributed by atoms with Crippen LogP contribution in [-0.2, 0) is 9.47 Å². The third-order valence-electron chi connectivity index (χ3n) is 7.58. The van der Waals surface area contributed by atoms with Gasteiger partial charge < -0.3 is 24.4 Å². The van der Waals surface area contributed by atoms with E-state index in [1.807, 2.05) is 6.92 Å². The number of halogens is 1. The first-order valence-electron chi connectivity index (χ1n) is 14.1. The highest BCUT2D eigenvalue weighted by molar-refractivity contribution is 6.04. The van der Waals surface area contributed by atoms with Crippen molar-refractivity contribution in [1.82, 2.24) is 9.97 Å². The van der Waals surface area contributed by atoms with Gasteiger partial charge in [-0.25, -0.2) is 28.7 Å². The number of ether oxygens (including phenoxy) is 3. The number of benzene rings is 1. The molecule has 1 fully saturated rings. The molecule has 1 aliphatic carbocycles. The topological polar surface area (TPSA) is 172 Å². The first-order chi connectivity index (χ1) is 20.7. The lowest BCUT2D eigenvalue weighted by Crippen LogP contribution is -2.48. The SMILES string of the molecule is CCC1(O)CC(OC(=O)Nc2cc3cc(-c4cnc5c(c4C)N(C(=O)O)CCO5)c(F)c(NC(=O)OC(C)(C)C)c3cn2)C1. The summed E-state index contributed by atoms with van der Waals surface area (Å²) in [5.74, 6) is -0.632. The van der Waals surface area contributed by atoms with Crippen molar-refractivity contribution in [2.45, 2.75) is 71.2 Å². The van der Waals surface area contributed by atoms with Gasteiger partial charge in [0.15, 0.2) is 5.82 Å². The van der Waals surface area contributed by atoms with Crippen molar-refractivity contribution >= 4 is 46.2 Å². The van der Waals surface area contributed by atoms with Crippen LogP contribution in [-0.4, -0.2) is 68.9 Å². The van der Waals surface area contributed by atoms with Crippen LogP contribution in [0.1, 0.15) is 52.5 Å². The zero-order valence-corrected chi connectivity index (χ0v) is 25.0. The summed E-state index contributed by atoms with van der Waals surface area (Å²) in [5.41, 5.74) is -1.09. The molecule has 234 valence electrons. The molecule has 3 amide bonds. The fourth-order valence-corrected chi connectivity index (χ4v) is 5.31. The van der Waals surface area contributed by atoms with Gasteiger partial charge in [-0.2, -0.15) is 0 Å². The molecular formula is C30H34FN5O8. The molecular weight excluding hydrogens is 577 g/mol. The van der Waals surface area contributed by atoms with E-state index in [2.05, 4.69) is 20.6 Å². The number of hydrogen-bond donors (Lipinski definition) is 4. The van der Waals surface area contributed by atoms with E-state index >= 15 is 4.39 Å². The Morgan fingerprint density at radius 3 is 2.52 bits per heavy atom. The molecule has 0 atom stereocenters. The van der Waals surface area contributed by atoms with Crippen LogP contribution in [0, 0.1) is 12.7 Å². The van der Waals surface area contributed by atoms with Crippen molar-refractivity contribution in [3.8, 4) is 17.0 Å². The average molecular weight is 612 g/mol. The Morgan fingerprint density at radius 2 is 1.86 bits per heavy atom. The molecule has 44 heavy (non-hydrogen) atoms. The van der Waals surface area contributed by atoms with Crippen molar-refractivity contribution in [1.29, 1.82) is 0 Å². The maximum Gasteiger partial charge on any atom is 0.413 e. The molecule has 14 heteroatoms. The highest BCUT2D eigenvalue weighted by Crippen LogP contribution is 2.42. The van der Waals surface area contributed by atoms with E-state index in [4.69, 9.17) is 14.2 Å². The van der Waals surface area contributed by atoms with Crippen LogP contribution in [0.4, 0.5) is 36.0 Å². The summed E-state index contributed by atoms with van der Waals surface area (Å²) >= 11 is 0. The second kappa shape index (κ2) is 11.4. The summed E-state index contributed by atoms with van der Waals surface area (Å²) in [7, 11) is 0. The van der Waals surface area contributed by atoms with Gasteiger partial charge in [0.1, 0.15) is 29.8 Å². The predicted molar refractivity (Wildman–Crippen MR) is 159 cm³/mol. The van der Waals surface area contributed by atoms with E-state index in [0.717, 1.165) is 4.90 Å². The molecule has 13 nitrogen and oxygen atoms in total. The summed E-state index contributed by atoms with van der Waals surface area (Å²) < 4.78 is 32.6. The number of amides is 3. The normalized spacial score (nSPS) is 19.3. The van der Waals surface area contributed by atoms with Gasteiger partial charge in [0.05, 0.1) is 17.8 Å². The Hall–Kier alpha value is -4.72. The minimum Gasteiger partial charge on any atom is -0.474 e. The number of nitrogens with zero attached hydrogens (tertiary/aromatic N) is 3. The number of pyridine rings is 2. The zero-order valence-electron chi connectivity index (χ0n) is 25.0. The summed E-state index contributed by atoms with van der Waals surface area (Å²) in [6.45, 7) is 8.67. The van der Waals surface area contributed by atoms with Crippen LogP contribution >= 0.6 is 0 Å². The Bertz CT molecular complexity index is 1650. The lowest BCUT2D eigenvalue weighted by atomic mass is 9.76. The van der Waals surface area contributed by atoms with Gasteiger partial charge in [-0.05, 0) is 57.2 Å². The fraction of sp³-hybridized carbons (Fsp3) is 0.433. The maximum atomic E-state index is 16.3. The number of carbonyl (C=O) groups excluding carboxylic acids is 2. The second-order valence-corrected chi connectivity index (χ2v) is 11.9. The van der Waals surface area contributed by atoms with E-state index in [1.165, 1.54) is 24.5 Å². The van der Waals surface area contributed by atoms with Gasteiger partial charge >= 0.3 is 18.3 Å². The van der Waals surface area contributed by atoms with Crippen molar-refractivity contribution in [3.63, 3.8) is 0 Å². The number of fused-ring (bicyclic) bond motifs is 2. The van der Waals surface area contributed by atoms with Crippen molar-refractivity contribution in [3.05, 3.63) is 35.9 Å². The predicted octanol–water partition coefficient (Wildman–Crippen LogP) is 5.82. The molecule has 5 rings (SSSR count). The van der Waals surface area contributed by atoms with Crippen molar-refractivity contribution in [2.24, 2.45) is 0 Å². The molecule has 0 saturated heterocycles. The lowest BCUT2D eigenvalue weighted by molar-refractivity contribution is -0.115. The van der Waals surface area contributed by atoms with E-state index in [9.17, 15) is 24.6 Å². The smallest absolute Gasteiger partial charge is 0.413 e. The van der Waals surface area contributed by atoms with Gasteiger partial charge in [-0.1, -0.05) is 6.92 Å². The Balaban J connectivity index is 1.55. The fourth-order valence-electron chi connectivity index (χ4n) is 5.31. The molecule has 0 radical (unpaired) electrons. The number of aliphatic hydroxyl groups is 1. The van der Waals surface area contributed by atoms with Gasteiger partial charge in [-0.3, -0.25) is 15.5 Å². The van der Waals surface area contributed by atoms with Crippen molar-refractivity contribution in [2.75, 3.05) is 28.7 Å². The average Bonchev–Trinajstić information content (AvgIpc) is 2.92. The molecule has 3 heterocycles. The molecule has 0 spiro atoms. The van der Waals surface area contributed by atoms with Crippen LogP contribution in [0.25, 0.3) is 21.9 Å². The summed E-state index contributed by atoms with van der Waals surface area (Å²) in [6.07, 6.45) is 0.580. The number of nitrogens with one attached hydrogen (secondary N) is 2. The van der Waals surface area contributed by atoms with Crippen molar-refractivity contribution < 1.29 is 43.2 Å². The molecule has 4 N–H and O–H groups in total. The minimum absolute atomic E-state index is 0.000293. The Kier molecular flexibility index (Phi) is 7.97. The number of anilines is 3. The third kappa shape index (κ3) is 6.16. The molecule has 1 saturated carbocycles. The molecule has 2 aromatic heterocycles. The van der Waals surface area contributed by atoms with Gasteiger partial charge in [0.25, 0.3) is 0 Å². The molecule has 2 aliphatic rings. The van der Waals surface area contributed by atoms with Crippen LogP contribution in [0.15, 0.2) is 24.5 Å². The minimum atomic E-state index is -1.21. The van der Waals surface area contributed by atoms with Crippen LogP contribution in [0.3, 0.4) is 0 Å². The van der Waals surface area contributed by atoms with E-state index in [-0.39, 0.29) is 52.7 Å². The lowest BCUT2D eigenvalue weighted by Gasteiger charge is -2.42. The molecule has 0 unspecified atom stereocenters. The highest BCUT2D eigenvalue weighted by atomic mass is 19.1. The summed E-state index contributed by atoms with van der Waals surface area (Å²) in [4.78, 5) is 46.8. The van der Waals surface area contributed by atoms with Gasteiger partial charge in [0.2, 0.25) is 5.88 Å². The first-order valence-corrected chi connectivity index (χ1v) is 14.1. The number of carboxylic acid groups (broad SMARTS) is 1. The van der Waals surface area contributed by atoms with Crippen LogP contribution < -0.4 is 20.3 Å².